The highest BCUT2D eigenvalue weighted by molar-refractivity contribution is 4.80. The largest absolute Gasteiger partial charge is 0.381 e. The zero-order valence-corrected chi connectivity index (χ0v) is 10.1. The van der Waals surface area contributed by atoms with Gasteiger partial charge < -0.3 is 18.9 Å². The Morgan fingerprint density at radius 2 is 1.33 bits per heavy atom. The van der Waals surface area contributed by atoms with Gasteiger partial charge in [-0.2, -0.15) is 0 Å². The zero-order chi connectivity index (χ0) is 11.9. The molecule has 0 aromatic carbocycles. The molecule has 90 valence electrons. The monoisotopic (exact) mass is 218 g/mol. The van der Waals surface area contributed by atoms with Crippen molar-refractivity contribution in [3.8, 4) is 0 Å². The Hall–Kier alpha value is -0.680. The Balaban J connectivity index is 0. The van der Waals surface area contributed by atoms with Crippen LogP contribution in [0, 0.1) is 0 Å². The molecule has 0 rings (SSSR count). The summed E-state index contributed by atoms with van der Waals surface area (Å²) in [5.74, 6) is 0. The maximum absolute atomic E-state index is 4.75. The lowest BCUT2D eigenvalue weighted by atomic mass is 10.5. The molecule has 0 unspecified atom stereocenters. The van der Waals surface area contributed by atoms with Gasteiger partial charge >= 0.3 is 0 Å². The Bertz CT molecular complexity index is 134. The summed E-state index contributed by atoms with van der Waals surface area (Å²) in [5, 5.41) is 0. The second-order valence-corrected chi connectivity index (χ2v) is 2.46. The SMILES string of the molecule is C=CC(OC)OC.COC/C=C/COC. The highest BCUT2D eigenvalue weighted by atomic mass is 16.7. The van der Waals surface area contributed by atoms with Crippen molar-refractivity contribution in [2.24, 2.45) is 0 Å². The predicted octanol–water partition coefficient (Wildman–Crippen LogP) is 1.63. The third-order valence-electron chi connectivity index (χ3n) is 1.35. The van der Waals surface area contributed by atoms with E-state index < -0.39 is 0 Å². The van der Waals surface area contributed by atoms with Crippen LogP contribution < -0.4 is 0 Å². The first kappa shape index (κ1) is 16.7. The number of hydrogen-bond acceptors (Lipinski definition) is 4. The average Bonchev–Trinajstić information content (AvgIpc) is 2.28. The summed E-state index contributed by atoms with van der Waals surface area (Å²) in [4.78, 5) is 0. The van der Waals surface area contributed by atoms with Gasteiger partial charge in [0.1, 0.15) is 0 Å². The van der Waals surface area contributed by atoms with E-state index in [0.717, 1.165) is 0 Å². The fourth-order valence-electron chi connectivity index (χ4n) is 0.617. The normalized spacial score (nSPS) is 10.2. The van der Waals surface area contributed by atoms with Crippen molar-refractivity contribution in [2.45, 2.75) is 6.29 Å². The molecule has 4 nitrogen and oxygen atoms in total. The van der Waals surface area contributed by atoms with Crippen molar-refractivity contribution < 1.29 is 18.9 Å². The van der Waals surface area contributed by atoms with Gasteiger partial charge in [0.2, 0.25) is 0 Å². The molecular formula is C11H22O4. The summed E-state index contributed by atoms with van der Waals surface area (Å²) >= 11 is 0. The van der Waals surface area contributed by atoms with Crippen molar-refractivity contribution in [3.63, 3.8) is 0 Å². The van der Waals surface area contributed by atoms with E-state index in [-0.39, 0.29) is 6.29 Å². The van der Waals surface area contributed by atoms with Gasteiger partial charge in [0, 0.05) is 28.4 Å². The van der Waals surface area contributed by atoms with Crippen molar-refractivity contribution in [3.05, 3.63) is 24.8 Å². The maximum Gasteiger partial charge on any atom is 0.175 e. The van der Waals surface area contributed by atoms with E-state index in [0.29, 0.717) is 13.2 Å². The molecule has 0 aliphatic carbocycles. The van der Waals surface area contributed by atoms with Crippen LogP contribution in [-0.4, -0.2) is 47.9 Å². The summed E-state index contributed by atoms with van der Waals surface area (Å²) in [6.45, 7) is 4.79. The third kappa shape index (κ3) is 16.0. The molecule has 0 atom stereocenters. The quantitative estimate of drug-likeness (QED) is 0.481. The molecule has 0 amide bonds. The van der Waals surface area contributed by atoms with Gasteiger partial charge in [-0.25, -0.2) is 0 Å². The van der Waals surface area contributed by atoms with Crippen LogP contribution in [0.3, 0.4) is 0 Å². The average molecular weight is 218 g/mol. The molecule has 0 N–H and O–H groups in total. The lowest BCUT2D eigenvalue weighted by Gasteiger charge is -2.04. The topological polar surface area (TPSA) is 36.9 Å². The van der Waals surface area contributed by atoms with Crippen LogP contribution in [0.1, 0.15) is 0 Å². The fraction of sp³-hybridized carbons (Fsp3) is 0.636. The Morgan fingerprint density at radius 3 is 1.47 bits per heavy atom. The number of hydrogen-bond donors (Lipinski definition) is 0. The van der Waals surface area contributed by atoms with E-state index in [1.165, 1.54) is 0 Å². The van der Waals surface area contributed by atoms with Crippen LogP contribution in [0.25, 0.3) is 0 Å². The molecule has 0 aromatic rings. The maximum atomic E-state index is 4.75. The molecule has 4 heteroatoms. The first-order valence-corrected chi connectivity index (χ1v) is 4.57. The van der Waals surface area contributed by atoms with E-state index in [9.17, 15) is 0 Å². The Kier molecular flexibility index (Phi) is 17.6. The molecule has 0 fully saturated rings. The van der Waals surface area contributed by atoms with E-state index in [2.05, 4.69) is 6.58 Å². The van der Waals surface area contributed by atoms with Crippen LogP contribution in [0.2, 0.25) is 0 Å². The van der Waals surface area contributed by atoms with Crippen molar-refractivity contribution in [1.29, 1.82) is 0 Å². The van der Waals surface area contributed by atoms with E-state index in [1.54, 1.807) is 34.5 Å². The minimum absolute atomic E-state index is 0.250. The van der Waals surface area contributed by atoms with Gasteiger partial charge in [0.25, 0.3) is 0 Å². The van der Waals surface area contributed by atoms with Crippen LogP contribution in [0.15, 0.2) is 24.8 Å². The smallest absolute Gasteiger partial charge is 0.175 e. The highest BCUT2D eigenvalue weighted by Gasteiger charge is 1.92. The molecule has 0 radical (unpaired) electrons. The van der Waals surface area contributed by atoms with Crippen LogP contribution in [-0.2, 0) is 18.9 Å². The third-order valence-corrected chi connectivity index (χ3v) is 1.35. The van der Waals surface area contributed by atoms with Crippen LogP contribution >= 0.6 is 0 Å². The highest BCUT2D eigenvalue weighted by Crippen LogP contribution is 1.87. The predicted molar refractivity (Wildman–Crippen MR) is 60.9 cm³/mol. The van der Waals surface area contributed by atoms with Gasteiger partial charge in [-0.05, 0) is 6.08 Å². The van der Waals surface area contributed by atoms with E-state index >= 15 is 0 Å². The Morgan fingerprint density at radius 1 is 0.933 bits per heavy atom. The summed E-state index contributed by atoms with van der Waals surface area (Å²) in [7, 11) is 6.46. The molecule has 0 aliphatic rings. The number of methoxy groups -OCH3 is 4. The van der Waals surface area contributed by atoms with Gasteiger partial charge in [0.05, 0.1) is 13.2 Å². The summed E-state index contributed by atoms with van der Waals surface area (Å²) < 4.78 is 18.9. The number of rotatable bonds is 7. The second kappa shape index (κ2) is 15.8. The molecule has 0 saturated heterocycles. The molecule has 0 aliphatic heterocycles. The van der Waals surface area contributed by atoms with Gasteiger partial charge in [-0.1, -0.05) is 18.7 Å². The number of ether oxygens (including phenoxy) is 4. The first-order valence-electron chi connectivity index (χ1n) is 4.57. The summed E-state index contributed by atoms with van der Waals surface area (Å²) in [6.07, 6.45) is 5.17. The summed E-state index contributed by atoms with van der Waals surface area (Å²) in [6, 6.07) is 0. The zero-order valence-electron chi connectivity index (χ0n) is 10.1. The summed E-state index contributed by atoms with van der Waals surface area (Å²) in [5.41, 5.74) is 0. The van der Waals surface area contributed by atoms with Crippen LogP contribution in [0.4, 0.5) is 0 Å². The fourth-order valence-corrected chi connectivity index (χ4v) is 0.617. The molecule has 15 heavy (non-hydrogen) atoms. The van der Waals surface area contributed by atoms with Gasteiger partial charge in [-0.15, -0.1) is 0 Å². The Labute approximate surface area is 92.5 Å². The minimum atomic E-state index is -0.250. The van der Waals surface area contributed by atoms with Crippen molar-refractivity contribution >= 4 is 0 Å². The molecule has 0 bridgehead atoms. The minimum Gasteiger partial charge on any atom is -0.381 e. The van der Waals surface area contributed by atoms with Crippen molar-refractivity contribution in [1.82, 2.24) is 0 Å². The van der Waals surface area contributed by atoms with E-state index in [1.807, 2.05) is 12.2 Å². The molecular weight excluding hydrogens is 196 g/mol. The van der Waals surface area contributed by atoms with E-state index in [4.69, 9.17) is 18.9 Å². The molecule has 0 aromatic heterocycles. The molecule has 0 spiro atoms. The molecule has 0 saturated carbocycles. The van der Waals surface area contributed by atoms with Crippen molar-refractivity contribution in [2.75, 3.05) is 41.7 Å². The molecule has 0 heterocycles. The van der Waals surface area contributed by atoms with Gasteiger partial charge in [-0.3, -0.25) is 0 Å². The van der Waals surface area contributed by atoms with Gasteiger partial charge in [0.15, 0.2) is 6.29 Å². The second-order valence-electron chi connectivity index (χ2n) is 2.46. The lowest BCUT2D eigenvalue weighted by Crippen LogP contribution is -2.07. The lowest BCUT2D eigenvalue weighted by molar-refractivity contribution is -0.0663. The first-order chi connectivity index (χ1) is 7.26. The van der Waals surface area contributed by atoms with Crippen LogP contribution in [0.5, 0.6) is 0 Å². The standard InChI is InChI=1S/C6H12O2.C5H10O2/c1-7-5-3-4-6-8-2;1-4-5(6-2)7-3/h3-4H,5-6H2,1-2H3;4-5H,1H2,2-3H3/b4-3+;.